The van der Waals surface area contributed by atoms with Gasteiger partial charge in [0, 0.05) is 38.2 Å². The van der Waals surface area contributed by atoms with Crippen LogP contribution in [0.2, 0.25) is 0 Å². The lowest BCUT2D eigenvalue weighted by Gasteiger charge is -2.09. The molecule has 0 saturated carbocycles. The molecule has 0 spiro atoms. The number of rotatable bonds is 8. The second kappa shape index (κ2) is 8.34. The van der Waals surface area contributed by atoms with Gasteiger partial charge in [0.2, 0.25) is 0 Å². The van der Waals surface area contributed by atoms with Crippen LogP contribution < -0.4 is 10.1 Å². The van der Waals surface area contributed by atoms with Gasteiger partial charge in [0.1, 0.15) is 5.75 Å². The van der Waals surface area contributed by atoms with Crippen molar-refractivity contribution < 1.29 is 9.47 Å². The molecule has 0 aliphatic heterocycles. The van der Waals surface area contributed by atoms with Gasteiger partial charge in [-0.05, 0) is 19.1 Å². The Kier molecular flexibility index (Phi) is 6.12. The highest BCUT2D eigenvalue weighted by Gasteiger charge is 2.08. The summed E-state index contributed by atoms with van der Waals surface area (Å²) in [5.41, 5.74) is 1.96. The molecule has 0 atom stereocenters. The van der Waals surface area contributed by atoms with Crippen molar-refractivity contribution in [1.82, 2.24) is 15.3 Å². The van der Waals surface area contributed by atoms with Gasteiger partial charge in [-0.2, -0.15) is 0 Å². The van der Waals surface area contributed by atoms with E-state index in [0.29, 0.717) is 19.0 Å². The Hall–Kier alpha value is -1.98. The van der Waals surface area contributed by atoms with Crippen molar-refractivity contribution >= 4 is 0 Å². The summed E-state index contributed by atoms with van der Waals surface area (Å²) in [5, 5.41) is 3.26. The second-order valence-corrected chi connectivity index (χ2v) is 4.51. The number of ether oxygens (including phenoxy) is 2. The molecule has 21 heavy (non-hydrogen) atoms. The predicted octanol–water partition coefficient (Wildman–Crippen LogP) is 2.28. The van der Waals surface area contributed by atoms with Gasteiger partial charge >= 0.3 is 0 Å². The Morgan fingerprint density at radius 1 is 1.14 bits per heavy atom. The maximum atomic E-state index is 5.61. The van der Waals surface area contributed by atoms with Crippen LogP contribution in [-0.4, -0.2) is 36.8 Å². The zero-order valence-corrected chi connectivity index (χ0v) is 12.5. The molecule has 0 fully saturated rings. The monoisotopic (exact) mass is 287 g/mol. The molecule has 0 aliphatic rings. The van der Waals surface area contributed by atoms with E-state index in [4.69, 9.17) is 9.47 Å². The van der Waals surface area contributed by atoms with Crippen LogP contribution in [0.4, 0.5) is 0 Å². The summed E-state index contributed by atoms with van der Waals surface area (Å²) in [5.74, 6) is 1.49. The van der Waals surface area contributed by atoms with Crippen molar-refractivity contribution in [2.45, 2.75) is 13.5 Å². The molecular weight excluding hydrogens is 266 g/mol. The van der Waals surface area contributed by atoms with Gasteiger partial charge in [0.15, 0.2) is 5.82 Å². The average Bonchev–Trinajstić information content (AvgIpc) is 2.53. The third kappa shape index (κ3) is 4.51. The van der Waals surface area contributed by atoms with Gasteiger partial charge in [0.05, 0.1) is 18.8 Å². The molecule has 5 nitrogen and oxygen atoms in total. The van der Waals surface area contributed by atoms with Crippen molar-refractivity contribution in [3.05, 3.63) is 42.2 Å². The van der Waals surface area contributed by atoms with E-state index in [1.165, 1.54) is 0 Å². The van der Waals surface area contributed by atoms with Crippen LogP contribution in [0.1, 0.15) is 12.5 Å². The lowest BCUT2D eigenvalue weighted by Crippen LogP contribution is -2.18. The first-order valence-electron chi connectivity index (χ1n) is 7.08. The van der Waals surface area contributed by atoms with E-state index in [9.17, 15) is 0 Å². The fraction of sp³-hybridized carbons (Fsp3) is 0.375. The lowest BCUT2D eigenvalue weighted by atomic mass is 10.2. The van der Waals surface area contributed by atoms with Crippen molar-refractivity contribution in [3.8, 4) is 17.1 Å². The highest BCUT2D eigenvalue weighted by molar-refractivity contribution is 5.63. The molecule has 0 bridgehead atoms. The van der Waals surface area contributed by atoms with Crippen molar-refractivity contribution in [3.63, 3.8) is 0 Å². The number of aromatic nitrogens is 2. The van der Waals surface area contributed by atoms with E-state index < -0.39 is 0 Å². The summed E-state index contributed by atoms with van der Waals surface area (Å²) in [6.45, 7) is 4.83. The van der Waals surface area contributed by atoms with E-state index in [0.717, 1.165) is 30.0 Å². The largest absolute Gasteiger partial charge is 0.493 e. The molecule has 2 rings (SSSR count). The quantitative estimate of drug-likeness (QED) is 0.755. The molecule has 1 aromatic carbocycles. The molecular formula is C16H21N3O2. The van der Waals surface area contributed by atoms with Crippen LogP contribution >= 0.6 is 0 Å². The van der Waals surface area contributed by atoms with Gasteiger partial charge < -0.3 is 14.8 Å². The van der Waals surface area contributed by atoms with Crippen LogP contribution in [0.25, 0.3) is 11.4 Å². The topological polar surface area (TPSA) is 56.3 Å². The van der Waals surface area contributed by atoms with E-state index in [1.807, 2.05) is 43.6 Å². The Labute approximate surface area is 125 Å². The maximum absolute atomic E-state index is 5.61. The molecule has 0 unspecified atom stereocenters. The van der Waals surface area contributed by atoms with Crippen LogP contribution in [-0.2, 0) is 11.3 Å². The third-order valence-electron chi connectivity index (χ3n) is 2.95. The standard InChI is InChI=1S/C16H21N3O2/c1-3-21-15-7-5-4-6-14(15)16-18-11-13(12-19-16)10-17-8-9-20-2/h4-7,11-12,17H,3,8-10H2,1-2H3. The summed E-state index contributed by atoms with van der Waals surface area (Å²) in [7, 11) is 1.69. The minimum absolute atomic E-state index is 0.624. The number of benzene rings is 1. The summed E-state index contributed by atoms with van der Waals surface area (Å²) in [4.78, 5) is 8.86. The van der Waals surface area contributed by atoms with Crippen molar-refractivity contribution in [2.75, 3.05) is 26.9 Å². The Morgan fingerprint density at radius 3 is 2.62 bits per heavy atom. The van der Waals surface area contributed by atoms with Crippen LogP contribution in [0.15, 0.2) is 36.7 Å². The lowest BCUT2D eigenvalue weighted by molar-refractivity contribution is 0.199. The summed E-state index contributed by atoms with van der Waals surface area (Å²) in [6.07, 6.45) is 3.68. The van der Waals surface area contributed by atoms with Gasteiger partial charge in [-0.15, -0.1) is 0 Å². The molecule has 2 aromatic rings. The fourth-order valence-corrected chi connectivity index (χ4v) is 1.92. The van der Waals surface area contributed by atoms with Gasteiger partial charge in [-0.25, -0.2) is 9.97 Å². The molecule has 0 amide bonds. The van der Waals surface area contributed by atoms with E-state index >= 15 is 0 Å². The van der Waals surface area contributed by atoms with E-state index in [1.54, 1.807) is 7.11 Å². The number of hydrogen-bond acceptors (Lipinski definition) is 5. The normalized spacial score (nSPS) is 10.6. The average molecular weight is 287 g/mol. The number of methoxy groups -OCH3 is 1. The molecule has 1 heterocycles. The van der Waals surface area contributed by atoms with Crippen LogP contribution in [0.5, 0.6) is 5.75 Å². The molecule has 5 heteroatoms. The summed E-state index contributed by atoms with van der Waals surface area (Å²) in [6, 6.07) is 7.81. The second-order valence-electron chi connectivity index (χ2n) is 4.51. The first-order chi connectivity index (χ1) is 10.3. The van der Waals surface area contributed by atoms with Crippen LogP contribution in [0, 0.1) is 0 Å². The Balaban J connectivity index is 2.05. The van der Waals surface area contributed by atoms with Crippen molar-refractivity contribution in [1.29, 1.82) is 0 Å². The smallest absolute Gasteiger partial charge is 0.162 e. The first-order valence-corrected chi connectivity index (χ1v) is 7.08. The molecule has 0 aliphatic carbocycles. The Bertz CT molecular complexity index is 543. The van der Waals surface area contributed by atoms with E-state index in [2.05, 4.69) is 15.3 Å². The first kappa shape index (κ1) is 15.4. The third-order valence-corrected chi connectivity index (χ3v) is 2.95. The molecule has 1 N–H and O–H groups in total. The highest BCUT2D eigenvalue weighted by atomic mass is 16.5. The number of para-hydroxylation sites is 1. The zero-order chi connectivity index (χ0) is 14.9. The van der Waals surface area contributed by atoms with E-state index in [-0.39, 0.29) is 0 Å². The van der Waals surface area contributed by atoms with Gasteiger partial charge in [0.25, 0.3) is 0 Å². The molecule has 0 saturated heterocycles. The van der Waals surface area contributed by atoms with Gasteiger partial charge in [-0.1, -0.05) is 12.1 Å². The number of nitrogens with zero attached hydrogens (tertiary/aromatic N) is 2. The minimum atomic E-state index is 0.624. The zero-order valence-electron chi connectivity index (χ0n) is 12.5. The summed E-state index contributed by atoms with van der Waals surface area (Å²) >= 11 is 0. The highest BCUT2D eigenvalue weighted by Crippen LogP contribution is 2.26. The number of nitrogens with one attached hydrogen (secondary N) is 1. The SMILES string of the molecule is CCOc1ccccc1-c1ncc(CNCCOC)cn1. The maximum Gasteiger partial charge on any atom is 0.162 e. The fourth-order valence-electron chi connectivity index (χ4n) is 1.92. The summed E-state index contributed by atoms with van der Waals surface area (Å²) < 4.78 is 10.6. The van der Waals surface area contributed by atoms with Crippen LogP contribution in [0.3, 0.4) is 0 Å². The minimum Gasteiger partial charge on any atom is -0.493 e. The Morgan fingerprint density at radius 2 is 1.90 bits per heavy atom. The molecule has 0 radical (unpaired) electrons. The van der Waals surface area contributed by atoms with Gasteiger partial charge in [-0.3, -0.25) is 0 Å². The number of hydrogen-bond donors (Lipinski definition) is 1. The molecule has 112 valence electrons. The predicted molar refractivity (Wildman–Crippen MR) is 82.2 cm³/mol. The van der Waals surface area contributed by atoms with Crippen molar-refractivity contribution in [2.24, 2.45) is 0 Å². The molecule has 1 aromatic heterocycles.